The first-order valence-corrected chi connectivity index (χ1v) is 8.02. The number of hydrogen-bond donors (Lipinski definition) is 2. The quantitative estimate of drug-likeness (QED) is 0.733. The highest BCUT2D eigenvalue weighted by Gasteiger charge is 2.55. The fourth-order valence-electron chi connectivity index (χ4n) is 3.89. The number of ether oxygens (including phenoxy) is 2. The monoisotopic (exact) mass is 325 g/mol. The lowest BCUT2D eigenvalue weighted by molar-refractivity contribution is -0.144. The van der Waals surface area contributed by atoms with E-state index < -0.39 is 23.1 Å². The van der Waals surface area contributed by atoms with Crippen molar-refractivity contribution in [2.75, 3.05) is 20.3 Å². The smallest absolute Gasteiger partial charge is 0.407 e. The Morgan fingerprint density at radius 3 is 2.70 bits per heavy atom. The van der Waals surface area contributed by atoms with Gasteiger partial charge in [0.05, 0.1) is 13.0 Å². The molecule has 2 N–H and O–H groups in total. The molecule has 23 heavy (non-hydrogen) atoms. The summed E-state index contributed by atoms with van der Waals surface area (Å²) in [4.78, 5) is 23.2. The predicted octanol–water partition coefficient (Wildman–Crippen LogP) is 2.58. The number of alkyl carbamates (subject to hydrolysis) is 1. The summed E-state index contributed by atoms with van der Waals surface area (Å²) in [7, 11) is 1.66. The third-order valence-corrected chi connectivity index (χ3v) is 4.64. The summed E-state index contributed by atoms with van der Waals surface area (Å²) in [5.74, 6) is -0.165. The van der Waals surface area contributed by atoms with Gasteiger partial charge in [0.25, 0.3) is 0 Å². The number of fused-ring (bicyclic) bond motifs is 1. The van der Waals surface area contributed by atoms with E-state index in [0.29, 0.717) is 19.1 Å². The SMILES string of the molecule is COCC1=C[C@H]2[C@@H](C1)C[C@@]2(CNC(=O)OC(C)(C)C)CC(=O)O. The Hall–Kier alpha value is -1.56. The number of carbonyl (C=O) groups excluding carboxylic acids is 1. The third kappa shape index (κ3) is 4.25. The molecule has 0 aliphatic heterocycles. The minimum Gasteiger partial charge on any atom is -0.481 e. The molecular weight excluding hydrogens is 298 g/mol. The molecule has 0 heterocycles. The van der Waals surface area contributed by atoms with E-state index in [1.807, 2.05) is 0 Å². The van der Waals surface area contributed by atoms with E-state index >= 15 is 0 Å². The first kappa shape index (κ1) is 17.8. The number of carboxylic acids is 1. The van der Waals surface area contributed by atoms with Crippen molar-refractivity contribution in [2.45, 2.75) is 45.6 Å². The summed E-state index contributed by atoms with van der Waals surface area (Å²) in [6.07, 6.45) is 3.48. The molecule has 2 aliphatic rings. The van der Waals surface area contributed by atoms with Gasteiger partial charge in [0.15, 0.2) is 0 Å². The number of methoxy groups -OCH3 is 1. The molecule has 6 heteroatoms. The Morgan fingerprint density at radius 1 is 1.43 bits per heavy atom. The lowest BCUT2D eigenvalue weighted by Gasteiger charge is -2.51. The summed E-state index contributed by atoms with van der Waals surface area (Å²) in [5, 5.41) is 12.0. The number of carboxylic acid groups (broad SMARTS) is 1. The van der Waals surface area contributed by atoms with Crippen LogP contribution in [0.25, 0.3) is 0 Å². The van der Waals surface area contributed by atoms with Gasteiger partial charge in [0, 0.05) is 19.1 Å². The number of hydrogen-bond acceptors (Lipinski definition) is 4. The van der Waals surface area contributed by atoms with Gasteiger partial charge in [-0.15, -0.1) is 0 Å². The molecule has 0 unspecified atom stereocenters. The van der Waals surface area contributed by atoms with Crippen LogP contribution >= 0.6 is 0 Å². The van der Waals surface area contributed by atoms with E-state index in [1.54, 1.807) is 27.9 Å². The van der Waals surface area contributed by atoms with Crippen molar-refractivity contribution < 1.29 is 24.2 Å². The Kier molecular flexibility index (Phi) is 5.04. The Bertz CT molecular complexity index is 508. The normalized spacial score (nSPS) is 29.3. The molecule has 1 fully saturated rings. The largest absolute Gasteiger partial charge is 0.481 e. The third-order valence-electron chi connectivity index (χ3n) is 4.64. The van der Waals surface area contributed by atoms with E-state index in [1.165, 1.54) is 5.57 Å². The Morgan fingerprint density at radius 2 is 2.13 bits per heavy atom. The molecule has 1 amide bonds. The molecule has 0 saturated heterocycles. The fourth-order valence-corrected chi connectivity index (χ4v) is 3.89. The maximum atomic E-state index is 11.9. The molecule has 2 aliphatic carbocycles. The minimum atomic E-state index is -0.831. The van der Waals surface area contributed by atoms with Crippen LogP contribution in [0.15, 0.2) is 11.6 Å². The standard InChI is InChI=1S/C17H27NO5/c1-16(2,3)23-15(21)18-10-17(8-14(19)20)7-12-5-11(9-22-4)6-13(12)17/h6,12-13H,5,7-10H2,1-4H3,(H,18,21)(H,19,20)/t12-,13-,17-/m0/s1. The topological polar surface area (TPSA) is 84.9 Å². The number of carbonyl (C=O) groups is 2. The van der Waals surface area contributed by atoms with Gasteiger partial charge >= 0.3 is 12.1 Å². The van der Waals surface area contributed by atoms with Crippen LogP contribution in [0.5, 0.6) is 0 Å². The van der Waals surface area contributed by atoms with Gasteiger partial charge in [0.2, 0.25) is 0 Å². The molecule has 0 aromatic heterocycles. The van der Waals surface area contributed by atoms with Crippen LogP contribution in [-0.4, -0.2) is 43.0 Å². The average molecular weight is 325 g/mol. The van der Waals surface area contributed by atoms with Crippen molar-refractivity contribution in [1.82, 2.24) is 5.32 Å². The maximum Gasteiger partial charge on any atom is 0.407 e. The van der Waals surface area contributed by atoms with Crippen LogP contribution in [0.1, 0.15) is 40.0 Å². The summed E-state index contributed by atoms with van der Waals surface area (Å²) in [6, 6.07) is 0. The number of allylic oxidation sites excluding steroid dienone is 1. The number of aliphatic carboxylic acids is 1. The molecule has 3 atom stereocenters. The second kappa shape index (κ2) is 6.51. The Balaban J connectivity index is 2.01. The van der Waals surface area contributed by atoms with Crippen molar-refractivity contribution >= 4 is 12.1 Å². The zero-order valence-electron chi connectivity index (χ0n) is 14.3. The zero-order chi connectivity index (χ0) is 17.3. The molecular formula is C17H27NO5. The summed E-state index contributed by atoms with van der Waals surface area (Å²) in [5.41, 5.74) is 0.251. The van der Waals surface area contributed by atoms with E-state index in [2.05, 4.69) is 11.4 Å². The number of nitrogens with one attached hydrogen (secondary N) is 1. The second-order valence-corrected chi connectivity index (χ2v) is 7.74. The van der Waals surface area contributed by atoms with Crippen LogP contribution in [0.4, 0.5) is 4.79 Å². The molecule has 0 aromatic carbocycles. The van der Waals surface area contributed by atoms with Crippen LogP contribution in [0, 0.1) is 17.3 Å². The van der Waals surface area contributed by atoms with Gasteiger partial charge in [-0.25, -0.2) is 4.79 Å². The highest BCUT2D eigenvalue weighted by atomic mass is 16.6. The second-order valence-electron chi connectivity index (χ2n) is 7.74. The van der Waals surface area contributed by atoms with Crippen molar-refractivity contribution in [3.8, 4) is 0 Å². The molecule has 6 nitrogen and oxygen atoms in total. The van der Waals surface area contributed by atoms with E-state index in [-0.39, 0.29) is 12.3 Å². The average Bonchev–Trinajstić information content (AvgIpc) is 2.71. The predicted molar refractivity (Wildman–Crippen MR) is 85.1 cm³/mol. The van der Waals surface area contributed by atoms with Gasteiger partial charge in [-0.05, 0) is 51.0 Å². The van der Waals surface area contributed by atoms with Gasteiger partial charge in [0.1, 0.15) is 5.60 Å². The zero-order valence-corrected chi connectivity index (χ0v) is 14.3. The van der Waals surface area contributed by atoms with Crippen molar-refractivity contribution in [3.05, 3.63) is 11.6 Å². The van der Waals surface area contributed by atoms with Crippen LogP contribution < -0.4 is 5.32 Å². The molecule has 0 bridgehead atoms. The summed E-state index contributed by atoms with van der Waals surface area (Å²) >= 11 is 0. The van der Waals surface area contributed by atoms with Gasteiger partial charge in [-0.1, -0.05) is 6.08 Å². The number of amides is 1. The van der Waals surface area contributed by atoms with Crippen LogP contribution in [-0.2, 0) is 14.3 Å². The number of rotatable bonds is 6. The van der Waals surface area contributed by atoms with Gasteiger partial charge in [-0.2, -0.15) is 0 Å². The van der Waals surface area contributed by atoms with E-state index in [9.17, 15) is 14.7 Å². The highest BCUT2D eigenvalue weighted by Crippen LogP contribution is 2.59. The maximum absolute atomic E-state index is 11.9. The molecule has 0 radical (unpaired) electrons. The lowest BCUT2D eigenvalue weighted by Crippen LogP contribution is -2.53. The molecule has 2 rings (SSSR count). The molecule has 0 aromatic rings. The van der Waals surface area contributed by atoms with E-state index in [4.69, 9.17) is 9.47 Å². The highest BCUT2D eigenvalue weighted by molar-refractivity contribution is 5.70. The molecule has 1 saturated carbocycles. The summed E-state index contributed by atoms with van der Waals surface area (Å²) < 4.78 is 10.4. The van der Waals surface area contributed by atoms with Gasteiger partial charge < -0.3 is 19.9 Å². The minimum absolute atomic E-state index is 0.0563. The summed E-state index contributed by atoms with van der Waals surface area (Å²) in [6.45, 7) is 6.32. The van der Waals surface area contributed by atoms with E-state index in [0.717, 1.165) is 12.8 Å². The lowest BCUT2D eigenvalue weighted by atomic mass is 9.53. The van der Waals surface area contributed by atoms with Crippen LogP contribution in [0.2, 0.25) is 0 Å². The van der Waals surface area contributed by atoms with Gasteiger partial charge in [-0.3, -0.25) is 4.79 Å². The van der Waals surface area contributed by atoms with Crippen molar-refractivity contribution in [2.24, 2.45) is 17.3 Å². The first-order valence-electron chi connectivity index (χ1n) is 8.02. The van der Waals surface area contributed by atoms with Crippen LogP contribution in [0.3, 0.4) is 0 Å². The van der Waals surface area contributed by atoms with Crippen molar-refractivity contribution in [3.63, 3.8) is 0 Å². The first-order chi connectivity index (χ1) is 10.6. The molecule has 0 spiro atoms. The Labute approximate surface area is 137 Å². The molecule has 130 valence electrons. The fraction of sp³-hybridized carbons (Fsp3) is 0.765. The van der Waals surface area contributed by atoms with Crippen molar-refractivity contribution in [1.29, 1.82) is 0 Å².